The number of anilines is 2. The topological polar surface area (TPSA) is 93.4 Å². The summed E-state index contributed by atoms with van der Waals surface area (Å²) < 4.78 is 60.3. The van der Waals surface area contributed by atoms with Gasteiger partial charge in [-0.15, -0.1) is 0 Å². The lowest BCUT2D eigenvalue weighted by Gasteiger charge is -2.11. The predicted molar refractivity (Wildman–Crippen MR) is 151 cm³/mol. The van der Waals surface area contributed by atoms with Crippen LogP contribution in [0.4, 0.5) is 29.1 Å². The van der Waals surface area contributed by atoms with Crippen LogP contribution >= 0.6 is 11.6 Å². The van der Waals surface area contributed by atoms with Crippen molar-refractivity contribution in [2.45, 2.75) is 13.1 Å². The molecule has 13 heteroatoms. The molecule has 8 nitrogen and oxygen atoms in total. The summed E-state index contributed by atoms with van der Waals surface area (Å²) in [6.07, 6.45) is -3.17. The van der Waals surface area contributed by atoms with Gasteiger partial charge in [-0.3, -0.25) is 4.79 Å². The molecule has 0 radical (unpaired) electrons. The van der Waals surface area contributed by atoms with E-state index in [0.29, 0.717) is 52.6 Å². The highest BCUT2D eigenvalue weighted by molar-refractivity contribution is 6.29. The Morgan fingerprint density at radius 1 is 1.07 bits per heavy atom. The molecule has 5 aromatic rings. The summed E-state index contributed by atoms with van der Waals surface area (Å²) in [7, 11) is 1.58. The summed E-state index contributed by atoms with van der Waals surface area (Å²) in [5.74, 6) is -1.08. The largest absolute Gasteiger partial charge is 0.416 e. The van der Waals surface area contributed by atoms with Gasteiger partial charge in [-0.25, -0.2) is 18.9 Å². The number of rotatable bonds is 8. The maximum Gasteiger partial charge on any atom is 0.416 e. The van der Waals surface area contributed by atoms with Gasteiger partial charge in [0.2, 0.25) is 0 Å². The van der Waals surface area contributed by atoms with E-state index in [2.05, 4.69) is 20.7 Å². The number of fused-ring (bicyclic) bond motifs is 1. The SMILES string of the molecule is COCCNc1cc(Cl)nn2c(-c3ccnc(NC(=O)c4cccc(C(F)(F)F)c4)c3)c(-c3ccc(F)c(C)c3)nc12. The molecule has 0 spiro atoms. The minimum atomic E-state index is -4.60. The van der Waals surface area contributed by atoms with Crippen molar-refractivity contribution in [2.24, 2.45) is 0 Å². The number of aryl methyl sites for hydroxylation is 1. The highest BCUT2D eigenvalue weighted by Crippen LogP contribution is 2.36. The Hall–Kier alpha value is -4.55. The van der Waals surface area contributed by atoms with Gasteiger partial charge in [0.25, 0.3) is 5.91 Å². The van der Waals surface area contributed by atoms with E-state index < -0.39 is 17.6 Å². The van der Waals surface area contributed by atoms with Crippen LogP contribution in [0.25, 0.3) is 28.2 Å². The van der Waals surface area contributed by atoms with Crippen molar-refractivity contribution in [1.29, 1.82) is 0 Å². The monoisotopic (exact) mass is 598 g/mol. The molecule has 0 atom stereocenters. The fourth-order valence-corrected chi connectivity index (χ4v) is 4.52. The molecule has 42 heavy (non-hydrogen) atoms. The number of carbonyl (C=O) groups excluding carboxylic acids is 1. The number of hydrogen-bond acceptors (Lipinski definition) is 6. The van der Waals surface area contributed by atoms with E-state index in [-0.39, 0.29) is 22.4 Å². The number of carbonyl (C=O) groups is 1. The van der Waals surface area contributed by atoms with Crippen LogP contribution in [0.5, 0.6) is 0 Å². The number of pyridine rings is 1. The molecule has 0 saturated carbocycles. The van der Waals surface area contributed by atoms with Crippen LogP contribution < -0.4 is 10.6 Å². The second kappa shape index (κ2) is 11.7. The summed E-state index contributed by atoms with van der Waals surface area (Å²) in [5, 5.41) is 10.4. The van der Waals surface area contributed by atoms with Gasteiger partial charge in [0.15, 0.2) is 10.8 Å². The molecule has 0 bridgehead atoms. The average Bonchev–Trinajstić information content (AvgIpc) is 3.34. The number of methoxy groups -OCH3 is 1. The second-order valence-electron chi connectivity index (χ2n) is 9.27. The fourth-order valence-electron chi connectivity index (χ4n) is 4.33. The summed E-state index contributed by atoms with van der Waals surface area (Å²) >= 11 is 6.38. The molecule has 2 aromatic carbocycles. The minimum absolute atomic E-state index is 0.0755. The van der Waals surface area contributed by atoms with Crippen LogP contribution in [-0.2, 0) is 10.9 Å². The average molecular weight is 599 g/mol. The smallest absolute Gasteiger partial charge is 0.383 e. The number of hydrogen-bond donors (Lipinski definition) is 2. The number of aromatic nitrogens is 4. The summed E-state index contributed by atoms with van der Waals surface area (Å²) in [6.45, 7) is 2.51. The first-order valence-electron chi connectivity index (χ1n) is 12.6. The highest BCUT2D eigenvalue weighted by Gasteiger charge is 2.31. The van der Waals surface area contributed by atoms with E-state index in [1.54, 1.807) is 38.3 Å². The summed E-state index contributed by atoms with van der Waals surface area (Å²) in [4.78, 5) is 21.9. The van der Waals surface area contributed by atoms with Gasteiger partial charge >= 0.3 is 6.18 Å². The van der Waals surface area contributed by atoms with Gasteiger partial charge < -0.3 is 15.4 Å². The van der Waals surface area contributed by atoms with Gasteiger partial charge in [0.1, 0.15) is 17.3 Å². The van der Waals surface area contributed by atoms with Crippen molar-refractivity contribution in [2.75, 3.05) is 30.9 Å². The molecule has 0 aliphatic rings. The molecule has 2 N–H and O–H groups in total. The number of amides is 1. The Morgan fingerprint density at radius 3 is 2.62 bits per heavy atom. The van der Waals surface area contributed by atoms with E-state index in [9.17, 15) is 22.4 Å². The number of ether oxygens (including phenoxy) is 1. The first-order chi connectivity index (χ1) is 20.0. The normalized spacial score (nSPS) is 11.6. The van der Waals surface area contributed by atoms with E-state index >= 15 is 0 Å². The van der Waals surface area contributed by atoms with Gasteiger partial charge in [-0.1, -0.05) is 17.7 Å². The molecule has 0 unspecified atom stereocenters. The highest BCUT2D eigenvalue weighted by atomic mass is 35.5. The first kappa shape index (κ1) is 29.0. The molecule has 5 rings (SSSR count). The van der Waals surface area contributed by atoms with Crippen molar-refractivity contribution in [1.82, 2.24) is 19.6 Å². The fraction of sp³-hybridized carbons (Fsp3) is 0.172. The number of alkyl halides is 3. The molecule has 1 amide bonds. The van der Waals surface area contributed by atoms with Crippen LogP contribution in [0.15, 0.2) is 66.9 Å². The Morgan fingerprint density at radius 2 is 1.88 bits per heavy atom. The van der Waals surface area contributed by atoms with Crippen LogP contribution in [-0.4, -0.2) is 45.8 Å². The van der Waals surface area contributed by atoms with Gasteiger partial charge in [-0.2, -0.15) is 18.3 Å². The van der Waals surface area contributed by atoms with E-state index in [1.165, 1.54) is 28.9 Å². The molecule has 0 aliphatic heterocycles. The zero-order valence-corrected chi connectivity index (χ0v) is 23.0. The second-order valence-corrected chi connectivity index (χ2v) is 9.66. The molecule has 3 heterocycles. The van der Waals surface area contributed by atoms with Gasteiger partial charge in [0.05, 0.1) is 23.6 Å². The Bertz CT molecular complexity index is 1790. The maximum atomic E-state index is 14.1. The molecular weight excluding hydrogens is 576 g/mol. The number of benzene rings is 2. The number of nitrogens with zero attached hydrogens (tertiary/aromatic N) is 4. The lowest BCUT2D eigenvalue weighted by molar-refractivity contribution is -0.137. The van der Waals surface area contributed by atoms with Crippen LogP contribution in [0.2, 0.25) is 5.15 Å². The van der Waals surface area contributed by atoms with Crippen molar-refractivity contribution in [3.8, 4) is 22.5 Å². The summed E-state index contributed by atoms with van der Waals surface area (Å²) in [6, 6.07) is 13.5. The van der Waals surface area contributed by atoms with Crippen LogP contribution in [0, 0.1) is 12.7 Å². The third-order valence-electron chi connectivity index (χ3n) is 6.33. The zero-order valence-electron chi connectivity index (χ0n) is 22.3. The molecule has 216 valence electrons. The van der Waals surface area contributed by atoms with E-state index in [0.717, 1.165) is 18.2 Å². The lowest BCUT2D eigenvalue weighted by Crippen LogP contribution is -2.14. The third-order valence-corrected chi connectivity index (χ3v) is 6.52. The predicted octanol–water partition coefficient (Wildman–Crippen LogP) is 6.89. The molecule has 3 aromatic heterocycles. The van der Waals surface area contributed by atoms with Crippen molar-refractivity contribution < 1.29 is 27.1 Å². The van der Waals surface area contributed by atoms with Crippen LogP contribution in [0.3, 0.4) is 0 Å². The zero-order chi connectivity index (χ0) is 30.0. The van der Waals surface area contributed by atoms with Crippen molar-refractivity contribution in [3.05, 3.63) is 94.5 Å². The quantitative estimate of drug-likeness (QED) is 0.149. The maximum absolute atomic E-state index is 14.1. The summed E-state index contributed by atoms with van der Waals surface area (Å²) in [5.41, 5.74) is 2.29. The number of imidazole rings is 1. The Kier molecular flexibility index (Phi) is 8.10. The first-order valence-corrected chi connectivity index (χ1v) is 13.0. The number of nitrogens with one attached hydrogen (secondary N) is 2. The van der Waals surface area contributed by atoms with Crippen LogP contribution in [0.1, 0.15) is 21.5 Å². The molecule has 0 fully saturated rings. The molecule has 0 saturated heterocycles. The number of halogens is 5. The Labute approximate surface area is 242 Å². The third kappa shape index (κ3) is 6.04. The van der Waals surface area contributed by atoms with Gasteiger partial charge in [-0.05, 0) is 61.0 Å². The van der Waals surface area contributed by atoms with E-state index in [4.69, 9.17) is 21.3 Å². The minimum Gasteiger partial charge on any atom is -0.383 e. The standard InChI is InChI=1S/C29H23ClF4N6O2/c1-16-12-17(6-7-21(16)31)25-26(40-27(38-25)22(15-23(30)39-40)35-10-11-42-2)18-8-9-36-24(14-18)37-28(41)19-4-3-5-20(13-19)29(32,33)34/h3-9,12-15,35H,10-11H2,1-2H3,(H,36,37,41). The van der Waals surface area contributed by atoms with E-state index in [1.807, 2.05) is 0 Å². The van der Waals surface area contributed by atoms with Gasteiger partial charge in [0, 0.05) is 42.6 Å². The van der Waals surface area contributed by atoms with Crippen molar-refractivity contribution in [3.63, 3.8) is 0 Å². The van der Waals surface area contributed by atoms with Crippen molar-refractivity contribution >= 4 is 34.7 Å². The molecule has 0 aliphatic carbocycles. The Balaban J connectivity index is 1.61. The lowest BCUT2D eigenvalue weighted by atomic mass is 10.0. The molecular formula is C29H23ClF4N6O2.